The Kier molecular flexibility index (Phi) is 5.69. The number of anilines is 1. The van der Waals surface area contributed by atoms with Crippen LogP contribution in [0.15, 0.2) is 42.5 Å². The van der Waals surface area contributed by atoms with Gasteiger partial charge in [0.1, 0.15) is 0 Å². The standard InChI is InChI=1S/C30H38N2/c1-8-23-11-10-12-24(9-2)30(23)28-15-21(6)26-18-32(22(7)16-27(26)31-28)29-17-25(19(3)4)14-13-20(29)5/h10-15,17,19,22H,8-9,16,18H2,1-7H3/i18D2. The Morgan fingerprint density at radius 1 is 1.03 bits per heavy atom. The molecule has 0 fully saturated rings. The van der Waals surface area contributed by atoms with Crippen molar-refractivity contribution in [3.63, 3.8) is 0 Å². The minimum atomic E-state index is -1.64. The lowest BCUT2D eigenvalue weighted by Gasteiger charge is -2.38. The molecule has 1 aromatic heterocycles. The number of hydrogen-bond acceptors (Lipinski definition) is 2. The topological polar surface area (TPSA) is 16.1 Å². The summed E-state index contributed by atoms with van der Waals surface area (Å²) >= 11 is 0. The van der Waals surface area contributed by atoms with Gasteiger partial charge in [0.2, 0.25) is 0 Å². The first-order valence-corrected chi connectivity index (χ1v) is 12.1. The Balaban J connectivity index is 1.88. The molecule has 0 aliphatic carbocycles. The molecule has 4 rings (SSSR count). The summed E-state index contributed by atoms with van der Waals surface area (Å²) in [4.78, 5) is 7.13. The molecule has 0 radical (unpaired) electrons. The molecular weight excluding hydrogens is 388 g/mol. The van der Waals surface area contributed by atoms with E-state index in [-0.39, 0.29) is 6.04 Å². The second-order valence-electron chi connectivity index (χ2n) is 9.54. The number of hydrogen-bond donors (Lipinski definition) is 0. The van der Waals surface area contributed by atoms with Gasteiger partial charge in [0.05, 0.1) is 8.44 Å². The minimum absolute atomic E-state index is 0.00201. The van der Waals surface area contributed by atoms with Crippen molar-refractivity contribution in [3.8, 4) is 11.3 Å². The molecule has 1 atom stereocenters. The summed E-state index contributed by atoms with van der Waals surface area (Å²) in [6, 6.07) is 15.1. The van der Waals surface area contributed by atoms with E-state index in [1.807, 2.05) is 11.8 Å². The number of benzene rings is 2. The first kappa shape index (κ1) is 20.0. The fourth-order valence-electron chi connectivity index (χ4n) is 4.88. The van der Waals surface area contributed by atoms with Gasteiger partial charge >= 0.3 is 0 Å². The van der Waals surface area contributed by atoms with Crippen LogP contribution in [0, 0.1) is 13.8 Å². The highest BCUT2D eigenvalue weighted by Gasteiger charge is 2.27. The van der Waals surface area contributed by atoms with E-state index in [4.69, 9.17) is 4.98 Å². The number of rotatable bonds is 5. The summed E-state index contributed by atoms with van der Waals surface area (Å²) in [5, 5.41) is 0. The van der Waals surface area contributed by atoms with Gasteiger partial charge in [-0.1, -0.05) is 58.0 Å². The van der Waals surface area contributed by atoms with E-state index in [0.29, 0.717) is 5.92 Å². The summed E-state index contributed by atoms with van der Waals surface area (Å²) in [6.45, 7) is 13.4. The first-order chi connectivity index (χ1) is 16.1. The maximum Gasteiger partial charge on any atom is 0.0713 e. The van der Waals surface area contributed by atoms with Crippen molar-refractivity contribution in [1.82, 2.24) is 4.98 Å². The van der Waals surface area contributed by atoms with Crippen LogP contribution in [0.25, 0.3) is 11.3 Å². The second kappa shape index (κ2) is 9.10. The van der Waals surface area contributed by atoms with Gasteiger partial charge in [0, 0.05) is 35.9 Å². The van der Waals surface area contributed by atoms with E-state index in [9.17, 15) is 2.74 Å². The number of fused-ring (bicyclic) bond motifs is 1. The molecule has 0 amide bonds. The molecule has 2 nitrogen and oxygen atoms in total. The van der Waals surface area contributed by atoms with Crippen LogP contribution in [0.2, 0.25) is 0 Å². The van der Waals surface area contributed by atoms with Crippen LogP contribution in [-0.2, 0) is 25.8 Å². The molecule has 32 heavy (non-hydrogen) atoms. The van der Waals surface area contributed by atoms with Crippen molar-refractivity contribution in [2.45, 2.75) is 86.2 Å². The van der Waals surface area contributed by atoms with Gasteiger partial charge in [0.25, 0.3) is 0 Å². The van der Waals surface area contributed by atoms with E-state index in [1.54, 1.807) is 0 Å². The Morgan fingerprint density at radius 2 is 1.72 bits per heavy atom. The highest BCUT2D eigenvalue weighted by Crippen LogP contribution is 2.36. The summed E-state index contributed by atoms with van der Waals surface area (Å²) in [5.74, 6) is 0.398. The van der Waals surface area contributed by atoms with Crippen LogP contribution in [0.1, 0.15) is 82.4 Å². The summed E-state index contributed by atoms with van der Waals surface area (Å²) in [7, 11) is 0. The predicted molar refractivity (Wildman–Crippen MR) is 138 cm³/mol. The van der Waals surface area contributed by atoms with Gasteiger partial charge in [-0.15, -0.1) is 0 Å². The molecule has 168 valence electrons. The molecule has 0 spiro atoms. The molecule has 2 heterocycles. The Hall–Kier alpha value is -2.61. The molecule has 2 heteroatoms. The van der Waals surface area contributed by atoms with Crippen LogP contribution in [-0.4, -0.2) is 11.0 Å². The van der Waals surface area contributed by atoms with Gasteiger partial charge in [-0.25, -0.2) is 0 Å². The van der Waals surface area contributed by atoms with Crippen molar-refractivity contribution in [3.05, 3.63) is 81.5 Å². The highest BCUT2D eigenvalue weighted by molar-refractivity contribution is 5.70. The second-order valence-corrected chi connectivity index (χ2v) is 9.54. The fourth-order valence-corrected chi connectivity index (χ4v) is 4.88. The predicted octanol–water partition coefficient (Wildman–Crippen LogP) is 7.56. The average Bonchev–Trinajstić information content (AvgIpc) is 2.78. The summed E-state index contributed by atoms with van der Waals surface area (Å²) in [5.41, 5.74) is 10.8. The van der Waals surface area contributed by atoms with Crippen LogP contribution < -0.4 is 4.90 Å². The quantitative estimate of drug-likeness (QED) is 0.417. The minimum Gasteiger partial charge on any atom is -0.364 e. The smallest absolute Gasteiger partial charge is 0.0713 e. The lowest BCUT2D eigenvalue weighted by molar-refractivity contribution is 0.578. The van der Waals surface area contributed by atoms with Crippen LogP contribution in [0.5, 0.6) is 0 Å². The zero-order chi connectivity index (χ0) is 24.8. The van der Waals surface area contributed by atoms with E-state index >= 15 is 0 Å². The third-order valence-electron chi connectivity index (χ3n) is 6.87. The van der Waals surface area contributed by atoms with Gasteiger partial charge in [0.15, 0.2) is 0 Å². The fraction of sp³-hybridized carbons (Fsp3) is 0.433. The van der Waals surface area contributed by atoms with Crippen molar-refractivity contribution < 1.29 is 2.74 Å². The van der Waals surface area contributed by atoms with Crippen LogP contribution >= 0.6 is 0 Å². The van der Waals surface area contributed by atoms with Crippen LogP contribution in [0.3, 0.4) is 0 Å². The molecule has 2 aromatic carbocycles. The monoisotopic (exact) mass is 428 g/mol. The zero-order valence-electron chi connectivity index (χ0n) is 22.7. The van der Waals surface area contributed by atoms with Gasteiger partial charge in [-0.2, -0.15) is 0 Å². The van der Waals surface area contributed by atoms with Crippen LogP contribution in [0.4, 0.5) is 5.69 Å². The molecule has 0 bridgehead atoms. The lowest BCUT2D eigenvalue weighted by Crippen LogP contribution is -2.39. The van der Waals surface area contributed by atoms with Gasteiger partial charge in [-0.3, -0.25) is 4.98 Å². The molecule has 0 N–H and O–H groups in total. The lowest BCUT2D eigenvalue weighted by atomic mass is 9.90. The Bertz CT molecular complexity index is 1190. The molecule has 0 saturated carbocycles. The highest BCUT2D eigenvalue weighted by atomic mass is 15.2. The maximum atomic E-state index is 9.33. The molecule has 1 aliphatic heterocycles. The average molecular weight is 429 g/mol. The van der Waals surface area contributed by atoms with Gasteiger partial charge < -0.3 is 4.90 Å². The Morgan fingerprint density at radius 3 is 2.34 bits per heavy atom. The van der Waals surface area contributed by atoms with Gasteiger partial charge in [-0.05, 0) is 85.0 Å². The summed E-state index contributed by atoms with van der Waals surface area (Å²) in [6.07, 6.45) is 2.64. The van der Waals surface area contributed by atoms with E-state index in [2.05, 4.69) is 84.0 Å². The summed E-state index contributed by atoms with van der Waals surface area (Å²) < 4.78 is 18.7. The largest absolute Gasteiger partial charge is 0.364 e. The van der Waals surface area contributed by atoms with Crippen molar-refractivity contribution in [2.24, 2.45) is 0 Å². The van der Waals surface area contributed by atoms with Crippen molar-refractivity contribution >= 4 is 5.69 Å². The third kappa shape index (κ3) is 4.08. The molecule has 3 aromatic rings. The first-order valence-electron chi connectivity index (χ1n) is 13.1. The van der Waals surface area contributed by atoms with Crippen molar-refractivity contribution in [2.75, 3.05) is 4.90 Å². The van der Waals surface area contributed by atoms with E-state index in [0.717, 1.165) is 53.0 Å². The zero-order valence-corrected chi connectivity index (χ0v) is 20.7. The number of pyridine rings is 1. The Labute approximate surface area is 197 Å². The molecular formula is C30H38N2. The number of aryl methyl sites for hydroxylation is 4. The van der Waals surface area contributed by atoms with E-state index < -0.39 is 6.50 Å². The molecule has 0 saturated heterocycles. The maximum absolute atomic E-state index is 9.33. The number of nitrogens with zero attached hydrogens (tertiary/aromatic N) is 2. The number of aromatic nitrogens is 1. The van der Waals surface area contributed by atoms with Crippen molar-refractivity contribution in [1.29, 1.82) is 0 Å². The normalized spacial score (nSPS) is 18.4. The van der Waals surface area contributed by atoms with E-state index in [1.165, 1.54) is 22.3 Å². The SMILES string of the molecule is [2H]C1([2H])c2c(C)cc(-c3c(CC)cccc3CC)nc2CC(C)N1c1cc(C(C)C)ccc1C. The molecule has 1 unspecified atom stereocenters. The molecule has 1 aliphatic rings. The third-order valence-corrected chi connectivity index (χ3v) is 6.87.